The lowest BCUT2D eigenvalue weighted by Crippen LogP contribution is -2.68. The fraction of sp³-hybridized carbons (Fsp3) is 0.907. The number of nitrogens with zero attached hydrogens (tertiary/aromatic N) is 1. The van der Waals surface area contributed by atoms with Crippen molar-refractivity contribution in [3.63, 3.8) is 0 Å². The number of sulfone groups is 1. The predicted molar refractivity (Wildman–Crippen MR) is 208 cm³/mol. The molecular formula is C43H72FN3O4S. The van der Waals surface area contributed by atoms with Gasteiger partial charge in [0.25, 0.3) is 0 Å². The van der Waals surface area contributed by atoms with Crippen molar-refractivity contribution in [3.8, 4) is 0 Å². The van der Waals surface area contributed by atoms with E-state index in [9.17, 15) is 23.0 Å². The van der Waals surface area contributed by atoms with E-state index >= 15 is 0 Å². The van der Waals surface area contributed by atoms with Gasteiger partial charge in [0.1, 0.15) is 6.67 Å². The maximum Gasteiger partial charge on any atom is 0.211 e. The van der Waals surface area contributed by atoms with E-state index in [1.165, 1.54) is 62.5 Å². The normalized spacial score (nSPS) is 45.8. The largest absolute Gasteiger partial charge is 0.356 e. The van der Waals surface area contributed by atoms with Crippen molar-refractivity contribution in [2.24, 2.45) is 57.2 Å². The number of fused-ring (bicyclic) bond motifs is 7. The first-order valence-electron chi connectivity index (χ1n) is 21.1. The van der Waals surface area contributed by atoms with Gasteiger partial charge in [-0.2, -0.15) is 0 Å². The Bertz CT molecular complexity index is 1520. The van der Waals surface area contributed by atoms with Crippen LogP contribution in [0.15, 0.2) is 23.3 Å². The molecule has 0 radical (unpaired) electrons. The van der Waals surface area contributed by atoms with Gasteiger partial charge in [-0.05, 0) is 145 Å². The molecule has 0 aromatic rings. The lowest BCUT2D eigenvalue weighted by molar-refractivity contribution is -0.223. The Hall–Kier alpha value is -0.840. The van der Waals surface area contributed by atoms with Crippen LogP contribution in [0.25, 0.3) is 0 Å². The Kier molecular flexibility index (Phi) is 10.4. The Balaban J connectivity index is 1.12. The zero-order valence-electron chi connectivity index (χ0n) is 33.6. The molecule has 1 aliphatic heterocycles. The first-order chi connectivity index (χ1) is 24.4. The average molecular weight is 746 g/mol. The second-order valence-electron chi connectivity index (χ2n) is 20.6. The highest BCUT2D eigenvalue weighted by atomic mass is 32.2. The highest BCUT2D eigenvalue weighted by Gasteiger charge is 2.70. The van der Waals surface area contributed by atoms with Crippen molar-refractivity contribution in [1.29, 1.82) is 0 Å². The van der Waals surface area contributed by atoms with E-state index in [0.717, 1.165) is 37.8 Å². The number of hydrogen-bond donors (Lipinski definition) is 4. The molecule has 52 heavy (non-hydrogen) atoms. The fourth-order valence-electron chi connectivity index (χ4n) is 15.0. The number of allylic oxidation sites excluding steroid dienone is 3. The Morgan fingerprint density at radius 1 is 0.885 bits per heavy atom. The Morgan fingerprint density at radius 2 is 1.62 bits per heavy atom. The molecule has 0 bridgehead atoms. The van der Waals surface area contributed by atoms with Crippen molar-refractivity contribution in [1.82, 2.24) is 15.5 Å². The lowest BCUT2D eigenvalue weighted by atomic mass is 9.32. The van der Waals surface area contributed by atoms with E-state index in [1.807, 2.05) is 0 Å². The molecule has 0 aromatic carbocycles. The van der Waals surface area contributed by atoms with Crippen LogP contribution in [-0.2, 0) is 9.84 Å². The van der Waals surface area contributed by atoms with Gasteiger partial charge in [-0.3, -0.25) is 5.32 Å². The molecule has 4 saturated carbocycles. The summed E-state index contributed by atoms with van der Waals surface area (Å²) in [5.41, 5.74) is 2.96. The zero-order chi connectivity index (χ0) is 37.5. The number of rotatable bonds is 9. The summed E-state index contributed by atoms with van der Waals surface area (Å²) in [4.78, 5) is 2.36. The average Bonchev–Trinajstić information content (AvgIpc) is 3.46. The van der Waals surface area contributed by atoms with Crippen LogP contribution < -0.4 is 10.6 Å². The highest BCUT2D eigenvalue weighted by Crippen LogP contribution is 2.76. The standard InChI is InChI=1S/C43H72FN3O4S/c1-29(2)31-12-19-43(45-22-23-47-24-26-52(50,51)27-25-47)21-20-40(6)33(36(31)43)8-9-35-39(5)15-13-32(38(3,4)34(39)14-16-41(35,40)7)30-10-17-42(28-44,18-11-30)46-37(48)49/h10,13,29,31,33-37,45-46,48-49H,8-9,11-12,14-28H2,1-7H3/t31-,33+,34-,35+,36+,39-,40+,41+,42+,43-/m0/s1. The molecule has 4 N–H and O–H groups in total. The van der Waals surface area contributed by atoms with Gasteiger partial charge in [0.15, 0.2) is 9.84 Å². The number of halogens is 1. The minimum absolute atomic E-state index is 0.0237. The van der Waals surface area contributed by atoms with Crippen LogP contribution in [0.1, 0.15) is 126 Å². The van der Waals surface area contributed by atoms with Crippen molar-refractivity contribution >= 4 is 9.84 Å². The first-order valence-corrected chi connectivity index (χ1v) is 23.0. The highest BCUT2D eigenvalue weighted by molar-refractivity contribution is 7.91. The minimum atomic E-state index is -2.86. The van der Waals surface area contributed by atoms with Crippen LogP contribution in [-0.4, -0.2) is 85.4 Å². The summed E-state index contributed by atoms with van der Waals surface area (Å²) in [6.07, 6.45) is 16.3. The third-order valence-electron chi connectivity index (χ3n) is 17.9. The third-order valence-corrected chi connectivity index (χ3v) is 19.5. The summed E-state index contributed by atoms with van der Waals surface area (Å²) >= 11 is 0. The Labute approximate surface area is 315 Å². The van der Waals surface area contributed by atoms with Gasteiger partial charge in [-0.15, -0.1) is 0 Å². The summed E-state index contributed by atoms with van der Waals surface area (Å²) in [6.45, 7) is 20.7. The molecule has 7 nitrogen and oxygen atoms in total. The summed E-state index contributed by atoms with van der Waals surface area (Å²) in [5, 5.41) is 26.1. The second-order valence-corrected chi connectivity index (χ2v) is 22.9. The molecule has 0 spiro atoms. The van der Waals surface area contributed by atoms with E-state index in [-0.39, 0.29) is 16.4 Å². The predicted octanol–water partition coefficient (Wildman–Crippen LogP) is 7.01. The molecule has 10 atom stereocenters. The minimum Gasteiger partial charge on any atom is -0.356 e. The molecule has 0 aromatic heterocycles. The number of nitrogens with one attached hydrogen (secondary N) is 2. The van der Waals surface area contributed by atoms with E-state index in [1.54, 1.807) is 0 Å². The van der Waals surface area contributed by atoms with Crippen molar-refractivity contribution < 1.29 is 23.0 Å². The summed E-state index contributed by atoms with van der Waals surface area (Å²) in [7, 11) is -2.86. The molecule has 1 saturated heterocycles. The van der Waals surface area contributed by atoms with Crippen LogP contribution in [0.3, 0.4) is 0 Å². The monoisotopic (exact) mass is 746 g/mol. The van der Waals surface area contributed by atoms with Gasteiger partial charge in [0.2, 0.25) is 6.41 Å². The second kappa shape index (κ2) is 13.7. The fourth-order valence-corrected chi connectivity index (χ4v) is 16.3. The van der Waals surface area contributed by atoms with E-state index in [4.69, 9.17) is 0 Å². The smallest absolute Gasteiger partial charge is 0.211 e. The number of alkyl halides is 1. The molecule has 9 heteroatoms. The zero-order valence-corrected chi connectivity index (χ0v) is 34.4. The van der Waals surface area contributed by atoms with E-state index in [0.29, 0.717) is 71.9 Å². The summed E-state index contributed by atoms with van der Waals surface area (Å²) in [6, 6.07) is 0. The SMILES string of the molecule is CC(C)[C@@H]1CC[C@]2(NCCN3CCS(=O)(=O)CC3)CC[C@]3(C)[C@H](CC[C@@H]4[C@@]5(C)CC=C(C6=CC[C@@](CF)(NC(O)O)CC6)C(C)(C)[C@@H]5CC[C@]43C)[C@@H]12. The van der Waals surface area contributed by atoms with Crippen LogP contribution in [0.5, 0.6) is 0 Å². The molecule has 0 amide bonds. The summed E-state index contributed by atoms with van der Waals surface area (Å²) < 4.78 is 38.3. The van der Waals surface area contributed by atoms with E-state index in [2.05, 4.69) is 76.2 Å². The van der Waals surface area contributed by atoms with Crippen molar-refractivity contribution in [3.05, 3.63) is 23.3 Å². The van der Waals surface area contributed by atoms with Crippen molar-refractivity contribution in [2.45, 2.75) is 143 Å². The van der Waals surface area contributed by atoms with Crippen LogP contribution >= 0.6 is 0 Å². The first kappa shape index (κ1) is 39.4. The maximum atomic E-state index is 14.2. The van der Waals surface area contributed by atoms with Gasteiger partial charge in [-0.25, -0.2) is 12.8 Å². The molecule has 296 valence electrons. The third kappa shape index (κ3) is 6.24. The molecule has 7 aliphatic rings. The lowest BCUT2D eigenvalue weighted by Gasteiger charge is -2.72. The quantitative estimate of drug-likeness (QED) is 0.189. The number of hydrogen-bond acceptors (Lipinski definition) is 7. The van der Waals surface area contributed by atoms with Crippen LogP contribution in [0, 0.1) is 57.2 Å². The topological polar surface area (TPSA) is 102 Å². The molecule has 6 aliphatic carbocycles. The molecule has 7 rings (SSSR count). The van der Waals surface area contributed by atoms with E-state index < -0.39 is 28.5 Å². The molecular weight excluding hydrogens is 674 g/mol. The van der Waals surface area contributed by atoms with Gasteiger partial charge < -0.3 is 20.4 Å². The number of aliphatic hydroxyl groups is 2. The van der Waals surface area contributed by atoms with Gasteiger partial charge in [-0.1, -0.05) is 60.6 Å². The van der Waals surface area contributed by atoms with Gasteiger partial charge in [0, 0.05) is 31.7 Å². The van der Waals surface area contributed by atoms with Gasteiger partial charge in [0.05, 0.1) is 17.0 Å². The molecule has 0 unspecified atom stereocenters. The van der Waals surface area contributed by atoms with Gasteiger partial charge >= 0.3 is 0 Å². The van der Waals surface area contributed by atoms with Crippen molar-refractivity contribution in [2.75, 3.05) is 44.4 Å². The van der Waals surface area contributed by atoms with Crippen LogP contribution in [0.2, 0.25) is 0 Å². The Morgan fingerprint density at radius 3 is 2.25 bits per heavy atom. The molecule has 5 fully saturated rings. The maximum absolute atomic E-state index is 14.2. The summed E-state index contributed by atoms with van der Waals surface area (Å²) in [5.74, 6) is 4.73. The number of aliphatic hydroxyl groups excluding tert-OH is 1. The van der Waals surface area contributed by atoms with Crippen LogP contribution in [0.4, 0.5) is 4.39 Å². The molecule has 1 heterocycles.